The number of fused-ring (bicyclic) bond motifs is 1. The molecule has 0 radical (unpaired) electrons. The summed E-state index contributed by atoms with van der Waals surface area (Å²) in [5.41, 5.74) is 3.28. The number of aryl methyl sites for hydroxylation is 2. The van der Waals surface area contributed by atoms with Gasteiger partial charge in [-0.15, -0.1) is 10.2 Å². The number of ether oxygens (including phenoxy) is 1. The predicted molar refractivity (Wildman–Crippen MR) is 108 cm³/mol. The van der Waals surface area contributed by atoms with Crippen LogP contribution in [0.3, 0.4) is 0 Å². The summed E-state index contributed by atoms with van der Waals surface area (Å²) in [5, 5.41) is 11.1. The first-order valence-electron chi connectivity index (χ1n) is 8.91. The first-order valence-corrected chi connectivity index (χ1v) is 10.7. The van der Waals surface area contributed by atoms with Crippen molar-refractivity contribution in [2.75, 3.05) is 11.9 Å². The van der Waals surface area contributed by atoms with E-state index < -0.39 is 0 Å². The summed E-state index contributed by atoms with van der Waals surface area (Å²) in [5.74, 6) is 0.629. The largest absolute Gasteiger partial charge is 0.484 e. The molecule has 0 atom stereocenters. The Hall–Kier alpha value is -2.45. The minimum absolute atomic E-state index is 0.0872. The molecule has 5 nitrogen and oxygen atoms in total. The van der Waals surface area contributed by atoms with Crippen LogP contribution in [0.5, 0.6) is 5.75 Å². The zero-order valence-electron chi connectivity index (χ0n) is 15.0. The summed E-state index contributed by atoms with van der Waals surface area (Å²) >= 11 is 2.63. The molecule has 1 aromatic heterocycles. The second kappa shape index (κ2) is 8.70. The molecule has 1 N–H and O–H groups in total. The fourth-order valence-corrected chi connectivity index (χ4v) is 4.77. The first-order chi connectivity index (χ1) is 13.7. The van der Waals surface area contributed by atoms with E-state index in [0.29, 0.717) is 26.5 Å². The van der Waals surface area contributed by atoms with E-state index >= 15 is 0 Å². The van der Waals surface area contributed by atoms with Gasteiger partial charge in [0.2, 0.25) is 5.13 Å². The number of hydrogen-bond acceptors (Lipinski definition) is 6. The van der Waals surface area contributed by atoms with E-state index in [9.17, 15) is 9.18 Å². The van der Waals surface area contributed by atoms with E-state index in [0.717, 1.165) is 12.8 Å². The third-order valence-corrected chi connectivity index (χ3v) is 6.42. The van der Waals surface area contributed by atoms with Crippen molar-refractivity contribution < 1.29 is 13.9 Å². The Labute approximate surface area is 170 Å². The van der Waals surface area contributed by atoms with Gasteiger partial charge in [0.05, 0.1) is 0 Å². The van der Waals surface area contributed by atoms with Crippen LogP contribution in [0.4, 0.5) is 9.52 Å². The van der Waals surface area contributed by atoms with Crippen molar-refractivity contribution in [3.8, 4) is 5.75 Å². The van der Waals surface area contributed by atoms with Crippen molar-refractivity contribution in [1.82, 2.24) is 10.2 Å². The van der Waals surface area contributed by atoms with E-state index in [1.165, 1.54) is 46.7 Å². The number of carbonyl (C=O) groups excluding carboxylic acids is 1. The van der Waals surface area contributed by atoms with Crippen molar-refractivity contribution in [2.45, 2.75) is 29.4 Å². The second-order valence-corrected chi connectivity index (χ2v) is 8.57. The Morgan fingerprint density at radius 3 is 2.93 bits per heavy atom. The highest BCUT2D eigenvalue weighted by atomic mass is 32.2. The Bertz CT molecular complexity index is 993. The molecule has 1 aliphatic rings. The number of nitrogens with zero attached hydrogens (tertiary/aromatic N) is 2. The van der Waals surface area contributed by atoms with Crippen molar-refractivity contribution in [3.63, 3.8) is 0 Å². The van der Waals surface area contributed by atoms with Crippen LogP contribution in [-0.4, -0.2) is 22.7 Å². The molecule has 1 aliphatic carbocycles. The lowest BCUT2D eigenvalue weighted by atomic mass is 10.1. The molecule has 8 heteroatoms. The van der Waals surface area contributed by atoms with Gasteiger partial charge in [-0.05, 0) is 54.2 Å². The minimum Gasteiger partial charge on any atom is -0.484 e. The maximum absolute atomic E-state index is 13.7. The fourth-order valence-electron chi connectivity index (χ4n) is 3.02. The number of benzene rings is 2. The van der Waals surface area contributed by atoms with Gasteiger partial charge >= 0.3 is 0 Å². The van der Waals surface area contributed by atoms with Crippen molar-refractivity contribution in [2.24, 2.45) is 0 Å². The van der Waals surface area contributed by atoms with Crippen LogP contribution in [0.25, 0.3) is 0 Å². The number of nitrogens with one attached hydrogen (secondary N) is 1. The molecule has 144 valence electrons. The van der Waals surface area contributed by atoms with Crippen LogP contribution in [0.1, 0.15) is 23.1 Å². The Morgan fingerprint density at radius 2 is 2.04 bits per heavy atom. The third kappa shape index (κ3) is 4.69. The maximum atomic E-state index is 13.7. The topological polar surface area (TPSA) is 64.1 Å². The van der Waals surface area contributed by atoms with E-state index in [4.69, 9.17) is 4.74 Å². The molecular weight excluding hydrogens is 397 g/mol. The number of hydrogen-bond donors (Lipinski definition) is 1. The van der Waals surface area contributed by atoms with Crippen LogP contribution in [-0.2, 0) is 23.4 Å². The van der Waals surface area contributed by atoms with Gasteiger partial charge in [-0.2, -0.15) is 0 Å². The van der Waals surface area contributed by atoms with Crippen LogP contribution >= 0.6 is 23.1 Å². The van der Waals surface area contributed by atoms with Gasteiger partial charge in [-0.25, -0.2) is 4.39 Å². The molecule has 0 aliphatic heterocycles. The Balaban J connectivity index is 1.26. The number of anilines is 1. The Morgan fingerprint density at radius 1 is 1.18 bits per heavy atom. The summed E-state index contributed by atoms with van der Waals surface area (Å²) in [4.78, 5) is 12.1. The highest BCUT2D eigenvalue weighted by Crippen LogP contribution is 2.29. The quantitative estimate of drug-likeness (QED) is 0.455. The van der Waals surface area contributed by atoms with E-state index in [2.05, 4.69) is 21.6 Å². The van der Waals surface area contributed by atoms with Crippen molar-refractivity contribution in [3.05, 3.63) is 65.0 Å². The SMILES string of the molecule is O=C(COc1ccc2c(c1)CCC2)Nc1nnc(SCc2ccccc2F)s1. The lowest BCUT2D eigenvalue weighted by molar-refractivity contribution is -0.118. The predicted octanol–water partition coefficient (Wildman–Crippen LogP) is 4.48. The average Bonchev–Trinajstić information content (AvgIpc) is 3.34. The zero-order chi connectivity index (χ0) is 19.3. The highest BCUT2D eigenvalue weighted by molar-refractivity contribution is 8.00. The first kappa shape index (κ1) is 18.9. The Kier molecular flexibility index (Phi) is 5.87. The van der Waals surface area contributed by atoms with Gasteiger partial charge in [0, 0.05) is 5.75 Å². The number of thioether (sulfide) groups is 1. The monoisotopic (exact) mass is 415 g/mol. The molecule has 0 bridgehead atoms. The van der Waals surface area contributed by atoms with Crippen LogP contribution in [0, 0.1) is 5.82 Å². The van der Waals surface area contributed by atoms with Gasteiger partial charge in [-0.3, -0.25) is 10.1 Å². The average molecular weight is 416 g/mol. The smallest absolute Gasteiger partial charge is 0.264 e. The summed E-state index contributed by atoms with van der Waals surface area (Å²) in [7, 11) is 0. The van der Waals surface area contributed by atoms with Gasteiger partial charge in [0.15, 0.2) is 10.9 Å². The summed E-state index contributed by atoms with van der Waals surface area (Å²) in [6, 6.07) is 12.6. The third-order valence-electron chi connectivity index (χ3n) is 4.40. The van der Waals surface area contributed by atoms with Crippen LogP contribution in [0.15, 0.2) is 46.8 Å². The number of amides is 1. The van der Waals surface area contributed by atoms with Gasteiger partial charge in [0.1, 0.15) is 11.6 Å². The second-order valence-electron chi connectivity index (χ2n) is 6.37. The van der Waals surface area contributed by atoms with Crippen LogP contribution in [0.2, 0.25) is 0 Å². The van der Waals surface area contributed by atoms with E-state index in [1.807, 2.05) is 12.1 Å². The number of rotatable bonds is 7. The summed E-state index contributed by atoms with van der Waals surface area (Å²) in [6.45, 7) is -0.0872. The molecule has 1 heterocycles. The molecule has 28 heavy (non-hydrogen) atoms. The highest BCUT2D eigenvalue weighted by Gasteiger charge is 2.13. The maximum Gasteiger partial charge on any atom is 0.264 e. The van der Waals surface area contributed by atoms with Gasteiger partial charge in [-0.1, -0.05) is 47.4 Å². The summed E-state index contributed by atoms with van der Waals surface area (Å²) < 4.78 is 19.9. The lowest BCUT2D eigenvalue weighted by Gasteiger charge is -2.07. The van der Waals surface area contributed by atoms with Crippen molar-refractivity contribution in [1.29, 1.82) is 0 Å². The minimum atomic E-state index is -0.290. The van der Waals surface area contributed by atoms with Crippen molar-refractivity contribution >= 4 is 34.1 Å². The molecule has 0 unspecified atom stereocenters. The molecule has 1 amide bonds. The zero-order valence-corrected chi connectivity index (χ0v) is 16.6. The molecule has 0 spiro atoms. The van der Waals surface area contributed by atoms with Crippen LogP contribution < -0.4 is 10.1 Å². The van der Waals surface area contributed by atoms with E-state index in [1.54, 1.807) is 18.2 Å². The molecular formula is C20H18FN3O2S2. The fraction of sp³-hybridized carbons (Fsp3) is 0.250. The molecule has 0 saturated carbocycles. The lowest BCUT2D eigenvalue weighted by Crippen LogP contribution is -2.20. The number of carbonyl (C=O) groups is 1. The van der Waals surface area contributed by atoms with E-state index in [-0.39, 0.29) is 18.3 Å². The van der Waals surface area contributed by atoms with Gasteiger partial charge < -0.3 is 4.74 Å². The molecule has 0 saturated heterocycles. The molecule has 4 rings (SSSR count). The standard InChI is InChI=1S/C20H18FN3O2S2/c21-17-7-2-1-4-15(17)12-27-20-24-23-19(28-20)22-18(25)11-26-16-9-8-13-5-3-6-14(13)10-16/h1-2,4,7-10H,3,5-6,11-12H2,(H,22,23,25). The molecule has 3 aromatic rings. The molecule has 2 aromatic carbocycles. The number of halogens is 1. The van der Waals surface area contributed by atoms with Gasteiger partial charge in [0.25, 0.3) is 5.91 Å². The normalized spacial score (nSPS) is 12.6. The number of aromatic nitrogens is 2. The molecule has 0 fully saturated rings. The summed E-state index contributed by atoms with van der Waals surface area (Å²) in [6.07, 6.45) is 3.36.